The number of aryl methyl sites for hydroxylation is 2. The van der Waals surface area contributed by atoms with Crippen LogP contribution < -0.4 is 0 Å². The average Bonchev–Trinajstić information content (AvgIpc) is 3.15. The van der Waals surface area contributed by atoms with E-state index >= 15 is 0 Å². The first-order valence-electron chi connectivity index (χ1n) is 10.3. The molecular weight excluding hydrogens is 368 g/mol. The van der Waals surface area contributed by atoms with Crippen molar-refractivity contribution in [1.29, 1.82) is 0 Å². The van der Waals surface area contributed by atoms with Gasteiger partial charge in [0.2, 0.25) is 0 Å². The number of benzene rings is 2. The van der Waals surface area contributed by atoms with Gasteiger partial charge in [-0.25, -0.2) is 4.98 Å². The number of aromatic nitrogens is 1. The predicted molar refractivity (Wildman–Crippen MR) is 115 cm³/mol. The van der Waals surface area contributed by atoms with Crippen molar-refractivity contribution in [2.24, 2.45) is 0 Å². The number of hydrogen-bond acceptors (Lipinski definition) is 3. The van der Waals surface area contributed by atoms with Crippen molar-refractivity contribution >= 4 is 22.5 Å². The molecule has 1 aliphatic heterocycles. The van der Waals surface area contributed by atoms with Gasteiger partial charge in [0.1, 0.15) is 0 Å². The summed E-state index contributed by atoms with van der Waals surface area (Å²) in [5, 5.41) is 11.8. The Bertz CT molecular complexity index is 1010. The molecule has 0 radical (unpaired) electrons. The fraction of sp³-hybridized carbons (Fsp3) is 0.375. The van der Waals surface area contributed by atoms with Crippen molar-refractivity contribution in [3.05, 3.63) is 64.2 Å². The van der Waals surface area contributed by atoms with Crippen molar-refractivity contribution in [3.8, 4) is 11.3 Å². The van der Waals surface area contributed by atoms with Crippen LogP contribution in [0.4, 0.5) is 0 Å². The van der Waals surface area contributed by atoms with Gasteiger partial charge >= 0.3 is 0 Å². The molecule has 0 amide bonds. The van der Waals surface area contributed by atoms with Crippen molar-refractivity contribution < 1.29 is 5.11 Å². The first-order valence-corrected chi connectivity index (χ1v) is 10.7. The molecule has 1 saturated heterocycles. The van der Waals surface area contributed by atoms with E-state index in [0.717, 1.165) is 54.3 Å². The summed E-state index contributed by atoms with van der Waals surface area (Å²) in [6, 6.07) is 15.0. The lowest BCUT2D eigenvalue weighted by Crippen LogP contribution is -2.35. The van der Waals surface area contributed by atoms with Gasteiger partial charge in [-0.2, -0.15) is 0 Å². The van der Waals surface area contributed by atoms with E-state index in [9.17, 15) is 5.11 Å². The second kappa shape index (κ2) is 7.47. The van der Waals surface area contributed by atoms with Crippen LogP contribution >= 0.6 is 11.6 Å². The van der Waals surface area contributed by atoms with E-state index in [4.69, 9.17) is 16.6 Å². The van der Waals surface area contributed by atoms with Crippen LogP contribution in [0.2, 0.25) is 5.02 Å². The van der Waals surface area contributed by atoms with E-state index in [-0.39, 0.29) is 6.10 Å². The number of likely N-dealkylation sites (tertiary alicyclic amines) is 1. The highest BCUT2D eigenvalue weighted by molar-refractivity contribution is 6.30. The lowest BCUT2D eigenvalue weighted by atomic mass is 9.99. The molecule has 0 unspecified atom stereocenters. The molecule has 28 heavy (non-hydrogen) atoms. The highest BCUT2D eigenvalue weighted by Gasteiger charge is 2.20. The molecule has 2 aromatic carbocycles. The molecular formula is C24H25ClN2O. The molecule has 3 nitrogen and oxygen atoms in total. The molecule has 5 rings (SSSR count). The van der Waals surface area contributed by atoms with Gasteiger partial charge in [0.05, 0.1) is 17.3 Å². The maximum Gasteiger partial charge on any atom is 0.0754 e. The van der Waals surface area contributed by atoms with Crippen molar-refractivity contribution in [2.75, 3.05) is 13.1 Å². The third-order valence-electron chi connectivity index (χ3n) is 6.18. The summed E-state index contributed by atoms with van der Waals surface area (Å²) in [7, 11) is 0. The Labute approximate surface area is 171 Å². The fourth-order valence-corrected chi connectivity index (χ4v) is 4.71. The largest absolute Gasteiger partial charge is 0.393 e. The van der Waals surface area contributed by atoms with Gasteiger partial charge in [-0.05, 0) is 79.1 Å². The van der Waals surface area contributed by atoms with Crippen molar-refractivity contribution in [3.63, 3.8) is 0 Å². The summed E-state index contributed by atoms with van der Waals surface area (Å²) in [5.74, 6) is 0. The predicted octanol–water partition coefficient (Wildman–Crippen LogP) is 5.00. The molecule has 1 fully saturated rings. The Morgan fingerprint density at radius 3 is 2.46 bits per heavy atom. The highest BCUT2D eigenvalue weighted by Crippen LogP contribution is 2.32. The minimum Gasteiger partial charge on any atom is -0.393 e. The minimum atomic E-state index is -0.149. The molecule has 0 saturated carbocycles. The maximum absolute atomic E-state index is 9.83. The summed E-state index contributed by atoms with van der Waals surface area (Å²) in [6.45, 7) is 2.73. The maximum atomic E-state index is 9.83. The van der Waals surface area contributed by atoms with Crippen LogP contribution in [0.5, 0.6) is 0 Å². The topological polar surface area (TPSA) is 36.4 Å². The molecule has 0 bridgehead atoms. The first kappa shape index (κ1) is 18.1. The lowest BCUT2D eigenvalue weighted by Gasteiger charge is -2.30. The number of piperidine rings is 1. The van der Waals surface area contributed by atoms with Gasteiger partial charge in [-0.15, -0.1) is 0 Å². The Hall–Kier alpha value is -1.94. The second-order valence-electron chi connectivity index (χ2n) is 8.18. The Balaban J connectivity index is 1.59. The quantitative estimate of drug-likeness (QED) is 0.681. The molecule has 144 valence electrons. The third kappa shape index (κ3) is 3.55. The van der Waals surface area contributed by atoms with Gasteiger partial charge in [0, 0.05) is 35.6 Å². The van der Waals surface area contributed by atoms with Crippen LogP contribution in [0.15, 0.2) is 42.5 Å². The normalized spacial score (nSPS) is 17.9. The number of aliphatic hydroxyl groups excluding tert-OH is 1. The number of pyridine rings is 1. The number of nitrogens with zero attached hydrogens (tertiary/aromatic N) is 2. The van der Waals surface area contributed by atoms with Gasteiger partial charge in [0.15, 0.2) is 0 Å². The standard InChI is InChI=1S/C24H25ClN2O/c25-21-6-4-16(5-7-21)24-20(15-27-10-8-22(28)9-11-27)13-19-12-17-2-1-3-18(17)14-23(19)26-24/h4-7,12-14,22,28H,1-3,8-11,15H2. The molecule has 1 aromatic heterocycles. The summed E-state index contributed by atoms with van der Waals surface area (Å²) in [6.07, 6.45) is 5.16. The number of aliphatic hydroxyl groups is 1. The summed E-state index contributed by atoms with van der Waals surface area (Å²) >= 11 is 6.11. The van der Waals surface area contributed by atoms with Gasteiger partial charge in [-0.3, -0.25) is 4.90 Å². The van der Waals surface area contributed by atoms with E-state index in [0.29, 0.717) is 0 Å². The number of hydrogen-bond donors (Lipinski definition) is 1. The zero-order valence-corrected chi connectivity index (χ0v) is 16.8. The van der Waals surface area contributed by atoms with Crippen LogP contribution in [0.3, 0.4) is 0 Å². The number of fused-ring (bicyclic) bond motifs is 2. The van der Waals surface area contributed by atoms with Crippen LogP contribution in [0.1, 0.15) is 36.0 Å². The van der Waals surface area contributed by atoms with E-state index < -0.39 is 0 Å². The lowest BCUT2D eigenvalue weighted by molar-refractivity contribution is 0.0793. The van der Waals surface area contributed by atoms with Crippen LogP contribution in [0, 0.1) is 0 Å². The molecule has 0 atom stereocenters. The summed E-state index contributed by atoms with van der Waals surface area (Å²) in [5.41, 5.74) is 7.44. The zero-order chi connectivity index (χ0) is 19.1. The molecule has 2 aliphatic rings. The van der Waals surface area contributed by atoms with E-state index in [1.54, 1.807) is 0 Å². The monoisotopic (exact) mass is 392 g/mol. The van der Waals surface area contributed by atoms with E-state index in [2.05, 4.69) is 35.2 Å². The minimum absolute atomic E-state index is 0.149. The second-order valence-corrected chi connectivity index (χ2v) is 8.61. The Kier molecular flexibility index (Phi) is 4.83. The summed E-state index contributed by atoms with van der Waals surface area (Å²) < 4.78 is 0. The Morgan fingerprint density at radius 1 is 1.00 bits per heavy atom. The SMILES string of the molecule is OC1CCN(Cc2cc3cc4c(cc3nc2-c2ccc(Cl)cc2)CCC4)CC1. The van der Waals surface area contributed by atoms with Gasteiger partial charge in [-0.1, -0.05) is 23.7 Å². The molecule has 3 aromatic rings. The summed E-state index contributed by atoms with van der Waals surface area (Å²) in [4.78, 5) is 7.55. The highest BCUT2D eigenvalue weighted by atomic mass is 35.5. The smallest absolute Gasteiger partial charge is 0.0754 e. The van der Waals surface area contributed by atoms with E-state index in [1.165, 1.54) is 41.3 Å². The third-order valence-corrected chi connectivity index (χ3v) is 6.43. The first-order chi connectivity index (χ1) is 13.7. The molecule has 1 aliphatic carbocycles. The zero-order valence-electron chi connectivity index (χ0n) is 16.0. The molecule has 0 spiro atoms. The molecule has 4 heteroatoms. The van der Waals surface area contributed by atoms with Gasteiger partial charge < -0.3 is 5.11 Å². The molecule has 1 N–H and O–H groups in total. The van der Waals surface area contributed by atoms with Crippen LogP contribution in [0.25, 0.3) is 22.2 Å². The Morgan fingerprint density at radius 2 is 1.71 bits per heavy atom. The molecule has 2 heterocycles. The number of halogens is 1. The van der Waals surface area contributed by atoms with Crippen molar-refractivity contribution in [1.82, 2.24) is 9.88 Å². The van der Waals surface area contributed by atoms with E-state index in [1.807, 2.05) is 12.1 Å². The van der Waals surface area contributed by atoms with Gasteiger partial charge in [0.25, 0.3) is 0 Å². The van der Waals surface area contributed by atoms with Crippen LogP contribution in [-0.2, 0) is 19.4 Å². The average molecular weight is 393 g/mol. The van der Waals surface area contributed by atoms with Crippen LogP contribution in [-0.4, -0.2) is 34.2 Å². The fourth-order valence-electron chi connectivity index (χ4n) is 4.59. The van der Waals surface area contributed by atoms with Crippen molar-refractivity contribution in [2.45, 2.75) is 44.8 Å². The number of rotatable bonds is 3.